The summed E-state index contributed by atoms with van der Waals surface area (Å²) in [5.41, 5.74) is 7.29. The van der Waals surface area contributed by atoms with Gasteiger partial charge in [0.05, 0.1) is 6.54 Å². The lowest BCUT2D eigenvalue weighted by Crippen LogP contribution is -2.52. The van der Waals surface area contributed by atoms with Gasteiger partial charge in [-0.2, -0.15) is 0 Å². The van der Waals surface area contributed by atoms with Crippen molar-refractivity contribution in [1.82, 2.24) is 14.9 Å². The van der Waals surface area contributed by atoms with Crippen LogP contribution in [0.2, 0.25) is 0 Å². The van der Waals surface area contributed by atoms with Crippen LogP contribution in [-0.4, -0.2) is 66.8 Å². The minimum atomic E-state index is -0.223. The number of nitrogens with zero attached hydrogens (tertiary/aromatic N) is 5. The molecule has 0 aliphatic carbocycles. The maximum absolute atomic E-state index is 13.4. The number of nitrogens with two attached hydrogens (primary N) is 1. The van der Waals surface area contributed by atoms with E-state index in [-0.39, 0.29) is 11.2 Å². The van der Waals surface area contributed by atoms with Crippen molar-refractivity contribution in [3.05, 3.63) is 54.1 Å². The molecule has 0 atom stereocenters. The molecular weight excluding hydrogens is 371 g/mol. The molecule has 2 saturated heterocycles. The molecule has 1 aromatic carbocycles. The first-order chi connectivity index (χ1) is 14.2. The number of benzene rings is 1. The number of halogens is 1. The second kappa shape index (κ2) is 8.73. The lowest BCUT2D eigenvalue weighted by atomic mass is 9.74. The van der Waals surface area contributed by atoms with E-state index in [1.807, 2.05) is 18.2 Å². The Morgan fingerprint density at radius 2 is 1.72 bits per heavy atom. The SMILES string of the molecule is NC(=NCC1(c2ccc(F)cc2)CCOCC1)N1CCN(c2ncccn2)CC1. The van der Waals surface area contributed by atoms with Gasteiger partial charge in [0.15, 0.2) is 5.96 Å². The summed E-state index contributed by atoms with van der Waals surface area (Å²) in [6, 6.07) is 8.59. The molecule has 2 fully saturated rings. The second-order valence-electron chi connectivity index (χ2n) is 7.60. The summed E-state index contributed by atoms with van der Waals surface area (Å²) in [6.07, 6.45) is 5.23. The normalized spacial score (nSPS) is 20.0. The first-order valence-electron chi connectivity index (χ1n) is 10.1. The maximum atomic E-state index is 13.4. The number of aromatic nitrogens is 2. The molecule has 2 N–H and O–H groups in total. The first kappa shape index (κ1) is 19.6. The Kier molecular flexibility index (Phi) is 5.89. The number of anilines is 1. The number of aliphatic imine (C=N–C) groups is 1. The van der Waals surface area contributed by atoms with Crippen LogP contribution in [0.5, 0.6) is 0 Å². The minimum absolute atomic E-state index is 0.156. The summed E-state index contributed by atoms with van der Waals surface area (Å²) in [6.45, 7) is 5.11. The van der Waals surface area contributed by atoms with Crippen LogP contribution < -0.4 is 10.6 Å². The fraction of sp³-hybridized carbons (Fsp3) is 0.476. The van der Waals surface area contributed by atoms with Crippen molar-refractivity contribution >= 4 is 11.9 Å². The van der Waals surface area contributed by atoms with Crippen LogP contribution in [0.15, 0.2) is 47.7 Å². The lowest BCUT2D eigenvalue weighted by molar-refractivity contribution is 0.0530. The number of ether oxygens (including phenoxy) is 1. The predicted octanol–water partition coefficient (Wildman–Crippen LogP) is 1.80. The largest absolute Gasteiger partial charge is 0.381 e. The van der Waals surface area contributed by atoms with E-state index in [9.17, 15) is 4.39 Å². The summed E-state index contributed by atoms with van der Waals surface area (Å²) >= 11 is 0. The molecule has 7 nitrogen and oxygen atoms in total. The molecule has 0 amide bonds. The van der Waals surface area contributed by atoms with Crippen LogP contribution in [0.4, 0.5) is 10.3 Å². The van der Waals surface area contributed by atoms with Gasteiger partial charge in [-0.1, -0.05) is 12.1 Å². The fourth-order valence-corrected chi connectivity index (χ4v) is 4.03. The summed E-state index contributed by atoms with van der Waals surface area (Å²) in [4.78, 5) is 17.7. The molecule has 154 valence electrons. The third-order valence-electron chi connectivity index (χ3n) is 5.89. The zero-order valence-corrected chi connectivity index (χ0v) is 16.5. The number of hydrogen-bond acceptors (Lipinski definition) is 5. The maximum Gasteiger partial charge on any atom is 0.225 e. The van der Waals surface area contributed by atoms with Gasteiger partial charge in [0.2, 0.25) is 5.95 Å². The van der Waals surface area contributed by atoms with Gasteiger partial charge in [0.1, 0.15) is 5.82 Å². The Labute approximate surface area is 170 Å². The van der Waals surface area contributed by atoms with E-state index in [2.05, 4.69) is 19.8 Å². The Bertz CT molecular complexity index is 815. The van der Waals surface area contributed by atoms with E-state index in [4.69, 9.17) is 15.5 Å². The average molecular weight is 398 g/mol. The van der Waals surface area contributed by atoms with Gasteiger partial charge >= 0.3 is 0 Å². The molecule has 0 spiro atoms. The van der Waals surface area contributed by atoms with Crippen molar-refractivity contribution in [3.63, 3.8) is 0 Å². The smallest absolute Gasteiger partial charge is 0.225 e. The Morgan fingerprint density at radius 1 is 1.07 bits per heavy atom. The standard InChI is InChI=1S/C21H27FN6O/c22-18-4-2-17(3-5-18)21(6-14-29-15-7-21)16-26-19(23)27-10-12-28(13-11-27)20-24-8-1-9-25-20/h1-5,8-9H,6-7,10-16H2,(H2,23,26). The van der Waals surface area contributed by atoms with Crippen LogP contribution in [0.25, 0.3) is 0 Å². The van der Waals surface area contributed by atoms with Crippen LogP contribution in [-0.2, 0) is 10.2 Å². The highest BCUT2D eigenvalue weighted by molar-refractivity contribution is 5.78. The van der Waals surface area contributed by atoms with E-state index in [1.165, 1.54) is 12.1 Å². The van der Waals surface area contributed by atoms with Crippen molar-refractivity contribution in [1.29, 1.82) is 0 Å². The lowest BCUT2D eigenvalue weighted by Gasteiger charge is -2.38. The molecule has 29 heavy (non-hydrogen) atoms. The highest BCUT2D eigenvalue weighted by atomic mass is 19.1. The summed E-state index contributed by atoms with van der Waals surface area (Å²) in [5, 5.41) is 0. The Morgan fingerprint density at radius 3 is 2.38 bits per heavy atom. The van der Waals surface area contributed by atoms with Crippen LogP contribution >= 0.6 is 0 Å². The number of guanidine groups is 1. The van der Waals surface area contributed by atoms with Gasteiger partial charge in [0, 0.05) is 57.2 Å². The summed E-state index contributed by atoms with van der Waals surface area (Å²) in [7, 11) is 0. The van der Waals surface area contributed by atoms with Gasteiger partial charge in [-0.25, -0.2) is 14.4 Å². The highest BCUT2D eigenvalue weighted by Crippen LogP contribution is 2.35. The quantitative estimate of drug-likeness (QED) is 0.625. The van der Waals surface area contributed by atoms with Crippen molar-refractivity contribution < 1.29 is 9.13 Å². The van der Waals surface area contributed by atoms with Crippen molar-refractivity contribution in [3.8, 4) is 0 Å². The monoisotopic (exact) mass is 398 g/mol. The van der Waals surface area contributed by atoms with Gasteiger partial charge in [-0.15, -0.1) is 0 Å². The minimum Gasteiger partial charge on any atom is -0.381 e. The van der Waals surface area contributed by atoms with Gasteiger partial charge in [0.25, 0.3) is 0 Å². The van der Waals surface area contributed by atoms with E-state index in [1.54, 1.807) is 12.4 Å². The topological polar surface area (TPSA) is 79.9 Å². The third kappa shape index (κ3) is 4.48. The van der Waals surface area contributed by atoms with Crippen molar-refractivity contribution in [2.24, 2.45) is 10.7 Å². The molecule has 0 radical (unpaired) electrons. The Hall–Kier alpha value is -2.74. The van der Waals surface area contributed by atoms with E-state index >= 15 is 0 Å². The van der Waals surface area contributed by atoms with Crippen molar-refractivity contribution in [2.45, 2.75) is 18.3 Å². The van der Waals surface area contributed by atoms with Crippen LogP contribution in [0.3, 0.4) is 0 Å². The fourth-order valence-electron chi connectivity index (χ4n) is 4.03. The van der Waals surface area contributed by atoms with Gasteiger partial charge < -0.3 is 20.3 Å². The third-order valence-corrected chi connectivity index (χ3v) is 5.89. The van der Waals surface area contributed by atoms with Crippen LogP contribution in [0.1, 0.15) is 18.4 Å². The molecule has 0 unspecified atom stereocenters. The van der Waals surface area contributed by atoms with Gasteiger partial charge in [-0.3, -0.25) is 4.99 Å². The molecule has 8 heteroatoms. The average Bonchev–Trinajstić information content (AvgIpc) is 2.79. The first-order valence-corrected chi connectivity index (χ1v) is 10.1. The molecule has 0 bridgehead atoms. The zero-order chi connectivity index (χ0) is 20.1. The second-order valence-corrected chi connectivity index (χ2v) is 7.60. The molecule has 0 saturated carbocycles. The van der Waals surface area contributed by atoms with Crippen molar-refractivity contribution in [2.75, 3.05) is 50.8 Å². The number of piperazine rings is 1. The predicted molar refractivity (Wildman–Crippen MR) is 110 cm³/mol. The molecule has 4 rings (SSSR count). The zero-order valence-electron chi connectivity index (χ0n) is 16.5. The molecular formula is C21H27FN6O. The van der Waals surface area contributed by atoms with Gasteiger partial charge in [-0.05, 0) is 36.6 Å². The van der Waals surface area contributed by atoms with E-state index in [0.29, 0.717) is 25.7 Å². The molecule has 3 heterocycles. The molecule has 2 aromatic rings. The van der Waals surface area contributed by atoms with E-state index in [0.717, 1.165) is 50.5 Å². The summed E-state index contributed by atoms with van der Waals surface area (Å²) in [5.74, 6) is 1.09. The van der Waals surface area contributed by atoms with Crippen LogP contribution in [0, 0.1) is 5.82 Å². The molecule has 2 aliphatic rings. The summed E-state index contributed by atoms with van der Waals surface area (Å²) < 4.78 is 19.0. The molecule has 1 aromatic heterocycles. The number of hydrogen-bond donors (Lipinski definition) is 1. The number of rotatable bonds is 4. The Balaban J connectivity index is 1.42. The highest BCUT2D eigenvalue weighted by Gasteiger charge is 2.34. The molecule has 2 aliphatic heterocycles. The van der Waals surface area contributed by atoms with E-state index < -0.39 is 0 Å².